The standard InChI is InChI=1S/C18H25N3O3/c1-18(2)17(24)19-14-5-3-4-6-15(14)21(18)16(23)11-20-9-7-13(12-22)8-10-20/h3-6,13,22H,7-12H2,1-2H3,(H,19,24). The third-order valence-corrected chi connectivity index (χ3v) is 5.08. The second kappa shape index (κ2) is 6.53. The van der Waals surface area contributed by atoms with Crippen molar-refractivity contribution in [1.29, 1.82) is 0 Å². The van der Waals surface area contributed by atoms with E-state index in [4.69, 9.17) is 0 Å². The zero-order valence-electron chi connectivity index (χ0n) is 14.3. The van der Waals surface area contributed by atoms with Crippen molar-refractivity contribution in [2.75, 3.05) is 36.5 Å². The number of aliphatic hydroxyl groups excluding tert-OH is 1. The summed E-state index contributed by atoms with van der Waals surface area (Å²) in [5, 5.41) is 12.1. The molecule has 0 saturated carbocycles. The van der Waals surface area contributed by atoms with Gasteiger partial charge in [-0.1, -0.05) is 12.1 Å². The molecule has 0 aliphatic carbocycles. The average Bonchev–Trinajstić information content (AvgIpc) is 2.56. The van der Waals surface area contributed by atoms with Crippen molar-refractivity contribution in [3.63, 3.8) is 0 Å². The minimum atomic E-state index is -0.922. The van der Waals surface area contributed by atoms with E-state index in [9.17, 15) is 14.7 Å². The largest absolute Gasteiger partial charge is 0.396 e. The van der Waals surface area contributed by atoms with Gasteiger partial charge in [-0.2, -0.15) is 0 Å². The summed E-state index contributed by atoms with van der Waals surface area (Å²) in [4.78, 5) is 29.2. The van der Waals surface area contributed by atoms with Gasteiger partial charge in [-0.15, -0.1) is 0 Å². The molecule has 0 bridgehead atoms. The van der Waals surface area contributed by atoms with Crippen LogP contribution in [0.2, 0.25) is 0 Å². The van der Waals surface area contributed by atoms with Gasteiger partial charge in [0.25, 0.3) is 0 Å². The number of carbonyl (C=O) groups excluding carboxylic acids is 2. The molecule has 24 heavy (non-hydrogen) atoms. The smallest absolute Gasteiger partial charge is 0.250 e. The topological polar surface area (TPSA) is 72.9 Å². The molecule has 1 fully saturated rings. The van der Waals surface area contributed by atoms with Crippen molar-refractivity contribution in [3.8, 4) is 0 Å². The fourth-order valence-corrected chi connectivity index (χ4v) is 3.49. The number of piperidine rings is 1. The number of hydrogen-bond donors (Lipinski definition) is 2. The summed E-state index contributed by atoms with van der Waals surface area (Å²) in [6, 6.07) is 7.40. The normalized spacial score (nSPS) is 21.3. The van der Waals surface area contributed by atoms with Crippen LogP contribution in [0.1, 0.15) is 26.7 Å². The van der Waals surface area contributed by atoms with Gasteiger partial charge in [0.05, 0.1) is 17.9 Å². The van der Waals surface area contributed by atoms with E-state index in [-0.39, 0.29) is 18.4 Å². The Kier molecular flexibility index (Phi) is 4.60. The maximum absolute atomic E-state index is 13.0. The summed E-state index contributed by atoms with van der Waals surface area (Å²) in [6.07, 6.45) is 1.81. The number of fused-ring (bicyclic) bond motifs is 1. The third-order valence-electron chi connectivity index (χ3n) is 5.08. The maximum atomic E-state index is 13.0. The van der Waals surface area contributed by atoms with Crippen LogP contribution in [0.25, 0.3) is 0 Å². The van der Waals surface area contributed by atoms with Crippen LogP contribution >= 0.6 is 0 Å². The Morgan fingerprint density at radius 2 is 1.96 bits per heavy atom. The van der Waals surface area contributed by atoms with Gasteiger partial charge >= 0.3 is 0 Å². The quantitative estimate of drug-likeness (QED) is 0.879. The van der Waals surface area contributed by atoms with Crippen molar-refractivity contribution in [1.82, 2.24) is 4.90 Å². The first-order valence-corrected chi connectivity index (χ1v) is 8.50. The van der Waals surface area contributed by atoms with Crippen molar-refractivity contribution in [2.45, 2.75) is 32.2 Å². The number of para-hydroxylation sites is 2. The predicted molar refractivity (Wildman–Crippen MR) is 92.9 cm³/mol. The Morgan fingerprint density at radius 1 is 1.29 bits per heavy atom. The summed E-state index contributed by atoms with van der Waals surface area (Å²) in [7, 11) is 0. The molecule has 0 unspecified atom stereocenters. The van der Waals surface area contributed by atoms with Crippen molar-refractivity contribution >= 4 is 23.2 Å². The van der Waals surface area contributed by atoms with E-state index in [1.165, 1.54) is 0 Å². The Labute approximate surface area is 142 Å². The monoisotopic (exact) mass is 331 g/mol. The first-order chi connectivity index (χ1) is 11.4. The summed E-state index contributed by atoms with van der Waals surface area (Å²) >= 11 is 0. The molecule has 0 aromatic heterocycles. The molecular weight excluding hydrogens is 306 g/mol. The maximum Gasteiger partial charge on any atom is 0.250 e. The molecule has 1 aromatic rings. The van der Waals surface area contributed by atoms with Crippen molar-refractivity contribution in [2.24, 2.45) is 5.92 Å². The molecule has 1 saturated heterocycles. The molecule has 130 valence electrons. The minimum absolute atomic E-state index is 0.0650. The first kappa shape index (κ1) is 16.9. The average molecular weight is 331 g/mol. The number of anilines is 2. The highest BCUT2D eigenvalue weighted by Crippen LogP contribution is 2.36. The lowest BCUT2D eigenvalue weighted by molar-refractivity contribution is -0.127. The van der Waals surface area contributed by atoms with Crippen LogP contribution < -0.4 is 10.2 Å². The number of benzene rings is 1. The number of amides is 2. The molecule has 0 atom stereocenters. The van der Waals surface area contributed by atoms with E-state index < -0.39 is 5.54 Å². The number of nitrogens with one attached hydrogen (secondary N) is 1. The van der Waals surface area contributed by atoms with Gasteiger partial charge in [0.2, 0.25) is 11.8 Å². The molecular formula is C18H25N3O3. The molecule has 2 aliphatic heterocycles. The second-order valence-electron chi connectivity index (χ2n) is 7.16. The molecule has 3 rings (SSSR count). The minimum Gasteiger partial charge on any atom is -0.396 e. The lowest BCUT2D eigenvalue weighted by Gasteiger charge is -2.43. The van der Waals surface area contributed by atoms with Gasteiger partial charge in [0.1, 0.15) is 5.54 Å². The second-order valence-corrected chi connectivity index (χ2v) is 7.16. The number of rotatable bonds is 3. The van der Waals surface area contributed by atoms with Crippen LogP contribution in [-0.2, 0) is 9.59 Å². The van der Waals surface area contributed by atoms with Gasteiger partial charge in [0.15, 0.2) is 0 Å². The fraction of sp³-hybridized carbons (Fsp3) is 0.556. The summed E-state index contributed by atoms with van der Waals surface area (Å²) in [6.45, 7) is 5.66. The Morgan fingerprint density at radius 3 is 2.62 bits per heavy atom. The first-order valence-electron chi connectivity index (χ1n) is 8.50. The third kappa shape index (κ3) is 3.03. The van der Waals surface area contributed by atoms with Crippen molar-refractivity contribution < 1.29 is 14.7 Å². The molecule has 2 heterocycles. The number of carbonyl (C=O) groups is 2. The summed E-state index contributed by atoms with van der Waals surface area (Å²) in [5.41, 5.74) is 0.501. The van der Waals surface area contributed by atoms with Gasteiger partial charge in [0, 0.05) is 6.61 Å². The highest BCUT2D eigenvalue weighted by Gasteiger charge is 2.43. The number of nitrogens with zero attached hydrogens (tertiary/aromatic N) is 2. The van der Waals surface area contributed by atoms with Crippen LogP contribution in [0.15, 0.2) is 24.3 Å². The Hall–Kier alpha value is -1.92. The Bertz CT molecular complexity index is 636. The van der Waals surface area contributed by atoms with Gasteiger partial charge in [-0.3, -0.25) is 19.4 Å². The van der Waals surface area contributed by atoms with Crippen LogP contribution in [0.5, 0.6) is 0 Å². The van der Waals surface area contributed by atoms with E-state index in [1.54, 1.807) is 18.7 Å². The van der Waals surface area contributed by atoms with Crippen LogP contribution in [-0.4, -0.2) is 53.6 Å². The van der Waals surface area contributed by atoms with Crippen LogP contribution in [0.4, 0.5) is 11.4 Å². The SMILES string of the molecule is CC1(C)C(=O)Nc2ccccc2N1C(=O)CN1CCC(CO)CC1. The summed E-state index contributed by atoms with van der Waals surface area (Å²) in [5.74, 6) is 0.104. The van der Waals surface area contributed by atoms with Crippen molar-refractivity contribution in [3.05, 3.63) is 24.3 Å². The highest BCUT2D eigenvalue weighted by molar-refractivity contribution is 6.14. The van der Waals surface area contributed by atoms with E-state index in [1.807, 2.05) is 24.3 Å². The van der Waals surface area contributed by atoms with E-state index >= 15 is 0 Å². The Balaban J connectivity index is 1.79. The van der Waals surface area contributed by atoms with E-state index in [0.717, 1.165) is 31.6 Å². The number of aliphatic hydroxyl groups is 1. The van der Waals surface area contributed by atoms with Crippen LogP contribution in [0, 0.1) is 5.92 Å². The molecule has 2 amide bonds. The van der Waals surface area contributed by atoms with Gasteiger partial charge in [-0.25, -0.2) is 0 Å². The highest BCUT2D eigenvalue weighted by atomic mass is 16.3. The fourth-order valence-electron chi connectivity index (χ4n) is 3.49. The lowest BCUT2D eigenvalue weighted by atomic mass is 9.95. The molecule has 0 spiro atoms. The summed E-state index contributed by atoms with van der Waals surface area (Å²) < 4.78 is 0. The predicted octanol–water partition coefficient (Wildman–Crippen LogP) is 1.45. The molecule has 0 radical (unpaired) electrons. The number of likely N-dealkylation sites (tertiary alicyclic amines) is 1. The van der Waals surface area contributed by atoms with E-state index in [0.29, 0.717) is 18.2 Å². The molecule has 6 heteroatoms. The molecule has 2 N–H and O–H groups in total. The molecule has 6 nitrogen and oxygen atoms in total. The van der Waals surface area contributed by atoms with Crippen LogP contribution in [0.3, 0.4) is 0 Å². The zero-order chi connectivity index (χ0) is 17.3. The molecule has 2 aliphatic rings. The van der Waals surface area contributed by atoms with Gasteiger partial charge in [-0.05, 0) is 57.8 Å². The van der Waals surface area contributed by atoms with E-state index in [2.05, 4.69) is 10.2 Å². The molecule has 1 aromatic carbocycles. The lowest BCUT2D eigenvalue weighted by Crippen LogP contribution is -2.60. The zero-order valence-corrected chi connectivity index (χ0v) is 14.3. The van der Waals surface area contributed by atoms with Gasteiger partial charge < -0.3 is 10.4 Å². The number of hydrogen-bond acceptors (Lipinski definition) is 4.